The van der Waals surface area contributed by atoms with Crippen LogP contribution in [-0.4, -0.2) is 16.1 Å². The van der Waals surface area contributed by atoms with Gasteiger partial charge in [0.1, 0.15) is 5.69 Å². The minimum atomic E-state index is -0.224. The maximum Gasteiger partial charge on any atom is 0.273 e. The van der Waals surface area contributed by atoms with Gasteiger partial charge in [-0.05, 0) is 17.7 Å². The van der Waals surface area contributed by atoms with Gasteiger partial charge in [0.05, 0.1) is 0 Å². The summed E-state index contributed by atoms with van der Waals surface area (Å²) in [7, 11) is 0. The van der Waals surface area contributed by atoms with Crippen LogP contribution in [0.3, 0.4) is 0 Å². The van der Waals surface area contributed by atoms with Crippen LogP contribution in [0.5, 0.6) is 0 Å². The largest absolute Gasteiger partial charge is 0.326 e. The number of hydrogen-bond donors (Lipinski definition) is 3. The van der Waals surface area contributed by atoms with Crippen LogP contribution in [0.1, 0.15) is 16.1 Å². The molecule has 0 aliphatic heterocycles. The Morgan fingerprint density at radius 3 is 2.88 bits per heavy atom. The van der Waals surface area contributed by atoms with Gasteiger partial charge in [0.2, 0.25) is 0 Å². The smallest absolute Gasteiger partial charge is 0.273 e. The predicted molar refractivity (Wildman–Crippen MR) is 60.9 cm³/mol. The minimum absolute atomic E-state index is 0.224. The lowest BCUT2D eigenvalue weighted by Gasteiger charge is -2.08. The Morgan fingerprint density at radius 1 is 1.38 bits per heavy atom. The van der Waals surface area contributed by atoms with E-state index in [9.17, 15) is 4.79 Å². The van der Waals surface area contributed by atoms with Gasteiger partial charge in [0.15, 0.2) is 0 Å². The van der Waals surface area contributed by atoms with Crippen LogP contribution in [0.25, 0.3) is 0 Å². The van der Waals surface area contributed by atoms with E-state index in [1.54, 1.807) is 6.07 Å². The molecule has 5 nitrogen and oxygen atoms in total. The molecule has 0 saturated heterocycles. The number of amides is 1. The Hall–Kier alpha value is -2.14. The molecular weight excluding hydrogens is 204 g/mol. The maximum atomic E-state index is 11.7. The predicted octanol–water partition coefficient (Wildman–Crippen LogP) is 1.12. The third-order valence-corrected chi connectivity index (χ3v) is 2.23. The summed E-state index contributed by atoms with van der Waals surface area (Å²) < 4.78 is 0. The molecule has 82 valence electrons. The highest BCUT2D eigenvalue weighted by Gasteiger charge is 2.08. The summed E-state index contributed by atoms with van der Waals surface area (Å²) >= 11 is 0. The van der Waals surface area contributed by atoms with E-state index in [1.807, 2.05) is 24.3 Å². The zero-order valence-corrected chi connectivity index (χ0v) is 8.60. The highest BCUT2D eigenvalue weighted by atomic mass is 16.1. The quantitative estimate of drug-likeness (QED) is 0.718. The van der Waals surface area contributed by atoms with Crippen molar-refractivity contribution in [3.05, 3.63) is 47.8 Å². The zero-order valence-electron chi connectivity index (χ0n) is 8.60. The summed E-state index contributed by atoms with van der Waals surface area (Å²) in [5, 5.41) is 9.09. The number of carbonyl (C=O) groups excluding carboxylic acids is 1. The molecule has 1 heterocycles. The summed E-state index contributed by atoms with van der Waals surface area (Å²) in [6.07, 6.45) is 1.53. The topological polar surface area (TPSA) is 83.8 Å². The van der Waals surface area contributed by atoms with Gasteiger partial charge in [-0.15, -0.1) is 0 Å². The first-order chi connectivity index (χ1) is 7.81. The molecule has 0 aliphatic rings. The van der Waals surface area contributed by atoms with E-state index in [0.29, 0.717) is 12.2 Å². The minimum Gasteiger partial charge on any atom is -0.326 e. The van der Waals surface area contributed by atoms with Gasteiger partial charge in [-0.2, -0.15) is 5.10 Å². The number of nitrogens with one attached hydrogen (secondary N) is 2. The third kappa shape index (κ3) is 2.09. The highest BCUT2D eigenvalue weighted by molar-refractivity contribution is 6.03. The zero-order chi connectivity index (χ0) is 11.4. The summed E-state index contributed by atoms with van der Waals surface area (Å²) in [6.45, 7) is 0.388. The number of H-pyrrole nitrogens is 1. The molecule has 0 fully saturated rings. The summed E-state index contributed by atoms with van der Waals surface area (Å²) in [4.78, 5) is 11.7. The van der Waals surface area contributed by atoms with E-state index in [1.165, 1.54) is 6.20 Å². The Balaban J connectivity index is 2.18. The molecule has 0 saturated carbocycles. The van der Waals surface area contributed by atoms with Gasteiger partial charge in [0, 0.05) is 18.4 Å². The number of rotatable bonds is 3. The average Bonchev–Trinajstić information content (AvgIpc) is 2.83. The van der Waals surface area contributed by atoms with Crippen molar-refractivity contribution in [1.82, 2.24) is 10.2 Å². The van der Waals surface area contributed by atoms with E-state index in [4.69, 9.17) is 5.73 Å². The number of nitrogens with two attached hydrogens (primary N) is 1. The number of para-hydroxylation sites is 1. The van der Waals surface area contributed by atoms with Crippen LogP contribution in [0.2, 0.25) is 0 Å². The Labute approximate surface area is 92.7 Å². The third-order valence-electron chi connectivity index (χ3n) is 2.23. The van der Waals surface area contributed by atoms with Crippen molar-refractivity contribution < 1.29 is 4.79 Å². The average molecular weight is 216 g/mol. The normalized spacial score (nSPS) is 10.1. The Bertz CT molecular complexity index is 478. The molecule has 16 heavy (non-hydrogen) atoms. The number of benzene rings is 1. The van der Waals surface area contributed by atoms with E-state index < -0.39 is 0 Å². The first-order valence-electron chi connectivity index (χ1n) is 4.90. The maximum absolute atomic E-state index is 11.7. The Morgan fingerprint density at radius 2 is 2.19 bits per heavy atom. The van der Waals surface area contributed by atoms with Crippen molar-refractivity contribution in [2.45, 2.75) is 6.54 Å². The molecule has 0 bridgehead atoms. The molecule has 0 unspecified atom stereocenters. The number of nitrogens with zero attached hydrogens (tertiary/aromatic N) is 1. The van der Waals surface area contributed by atoms with Gasteiger partial charge in [-0.3, -0.25) is 9.89 Å². The number of hydrogen-bond acceptors (Lipinski definition) is 3. The molecule has 1 amide bonds. The van der Waals surface area contributed by atoms with E-state index in [0.717, 1.165) is 11.3 Å². The molecule has 1 aromatic heterocycles. The van der Waals surface area contributed by atoms with Crippen LogP contribution in [0.4, 0.5) is 5.69 Å². The summed E-state index contributed by atoms with van der Waals surface area (Å²) in [5.74, 6) is -0.224. The van der Waals surface area contributed by atoms with Crippen molar-refractivity contribution >= 4 is 11.6 Å². The monoisotopic (exact) mass is 216 g/mol. The molecular formula is C11H12N4O. The van der Waals surface area contributed by atoms with Crippen molar-refractivity contribution in [3.8, 4) is 0 Å². The molecule has 4 N–H and O–H groups in total. The molecule has 0 radical (unpaired) electrons. The second-order valence-electron chi connectivity index (χ2n) is 3.29. The Kier molecular flexibility index (Phi) is 2.98. The fraction of sp³-hybridized carbons (Fsp3) is 0.0909. The van der Waals surface area contributed by atoms with Gasteiger partial charge in [-0.25, -0.2) is 0 Å². The molecule has 1 aromatic carbocycles. The van der Waals surface area contributed by atoms with Gasteiger partial charge in [0.25, 0.3) is 5.91 Å². The molecule has 0 atom stereocenters. The van der Waals surface area contributed by atoms with E-state index in [-0.39, 0.29) is 5.91 Å². The number of aromatic nitrogens is 2. The second kappa shape index (κ2) is 4.59. The lowest BCUT2D eigenvalue weighted by molar-refractivity contribution is 0.102. The van der Waals surface area contributed by atoms with Crippen molar-refractivity contribution in [2.75, 3.05) is 5.32 Å². The van der Waals surface area contributed by atoms with Crippen LogP contribution in [-0.2, 0) is 6.54 Å². The molecule has 2 aromatic rings. The lowest BCUT2D eigenvalue weighted by Crippen LogP contribution is -2.14. The first kappa shape index (κ1) is 10.4. The summed E-state index contributed by atoms with van der Waals surface area (Å²) in [6, 6.07) is 9.04. The van der Waals surface area contributed by atoms with Crippen molar-refractivity contribution in [2.24, 2.45) is 5.73 Å². The first-order valence-corrected chi connectivity index (χ1v) is 4.90. The molecule has 0 aliphatic carbocycles. The van der Waals surface area contributed by atoms with Crippen molar-refractivity contribution in [1.29, 1.82) is 0 Å². The number of aromatic amines is 1. The van der Waals surface area contributed by atoms with Crippen LogP contribution < -0.4 is 11.1 Å². The van der Waals surface area contributed by atoms with Gasteiger partial charge >= 0.3 is 0 Å². The second-order valence-corrected chi connectivity index (χ2v) is 3.29. The molecule has 0 spiro atoms. The van der Waals surface area contributed by atoms with E-state index >= 15 is 0 Å². The molecule has 2 rings (SSSR count). The van der Waals surface area contributed by atoms with Gasteiger partial charge < -0.3 is 11.1 Å². The van der Waals surface area contributed by atoms with Crippen LogP contribution in [0.15, 0.2) is 36.5 Å². The fourth-order valence-electron chi connectivity index (χ4n) is 1.39. The van der Waals surface area contributed by atoms with Crippen LogP contribution in [0, 0.1) is 0 Å². The number of carbonyl (C=O) groups is 1. The van der Waals surface area contributed by atoms with E-state index in [2.05, 4.69) is 15.5 Å². The molecule has 5 heteroatoms. The standard InChI is InChI=1S/C11H12N4O/c12-7-8-3-1-2-4-9(8)14-11(16)10-5-6-13-15-10/h1-6H,7,12H2,(H,13,15)(H,14,16). The van der Waals surface area contributed by atoms with Crippen molar-refractivity contribution in [3.63, 3.8) is 0 Å². The SMILES string of the molecule is NCc1ccccc1NC(=O)c1ccn[nH]1. The van der Waals surface area contributed by atoms with Gasteiger partial charge in [-0.1, -0.05) is 18.2 Å². The fourth-order valence-corrected chi connectivity index (χ4v) is 1.39. The number of anilines is 1. The van der Waals surface area contributed by atoms with Crippen LogP contribution >= 0.6 is 0 Å². The lowest BCUT2D eigenvalue weighted by atomic mass is 10.2. The highest BCUT2D eigenvalue weighted by Crippen LogP contribution is 2.14. The summed E-state index contributed by atoms with van der Waals surface area (Å²) in [5.41, 5.74) is 7.62.